The van der Waals surface area contributed by atoms with Crippen LogP contribution in [0.1, 0.15) is 12.0 Å². The Bertz CT molecular complexity index is 463. The van der Waals surface area contributed by atoms with Gasteiger partial charge in [-0.15, -0.1) is 0 Å². The fourth-order valence-corrected chi connectivity index (χ4v) is 1.73. The second-order valence-corrected chi connectivity index (χ2v) is 4.82. The number of carbonyl (C=O) groups excluding carboxylic acids is 2. The van der Waals surface area contributed by atoms with Gasteiger partial charge in [-0.05, 0) is 37.7 Å². The normalized spacial score (nSPS) is 11.9. The third kappa shape index (κ3) is 4.12. The van der Waals surface area contributed by atoms with Gasteiger partial charge in [0.1, 0.15) is 0 Å². The van der Waals surface area contributed by atoms with Gasteiger partial charge in [-0.1, -0.05) is 15.9 Å². The summed E-state index contributed by atoms with van der Waals surface area (Å²) in [6.07, 6.45) is -0.0299. The van der Waals surface area contributed by atoms with E-state index >= 15 is 0 Å². The molecule has 0 spiro atoms. The van der Waals surface area contributed by atoms with Crippen molar-refractivity contribution >= 4 is 33.4 Å². The lowest BCUT2D eigenvalue weighted by atomic mass is 10.1. The summed E-state index contributed by atoms with van der Waals surface area (Å²) in [6.45, 7) is 1.93. The van der Waals surface area contributed by atoms with Gasteiger partial charge in [-0.2, -0.15) is 0 Å². The van der Waals surface area contributed by atoms with Crippen LogP contribution in [0.2, 0.25) is 0 Å². The largest absolute Gasteiger partial charge is 0.370 e. The van der Waals surface area contributed by atoms with E-state index in [1.807, 2.05) is 19.1 Å². The maximum absolute atomic E-state index is 11.9. The standard InChI is InChI=1S/C12H16BrN3O2/c1-7-5-8(3-4-9(7)13)16-12(18)10(15-2)6-11(14)17/h3-5,10,15H,6H2,1-2H3,(H2,14,17)(H,16,18)/t10-/m0/s1. The van der Waals surface area contributed by atoms with Crippen molar-refractivity contribution in [1.82, 2.24) is 5.32 Å². The van der Waals surface area contributed by atoms with Crippen molar-refractivity contribution in [2.45, 2.75) is 19.4 Å². The van der Waals surface area contributed by atoms with Gasteiger partial charge < -0.3 is 16.4 Å². The van der Waals surface area contributed by atoms with Crippen molar-refractivity contribution in [3.8, 4) is 0 Å². The Hall–Kier alpha value is -1.40. The molecule has 0 fully saturated rings. The Morgan fingerprint density at radius 1 is 1.44 bits per heavy atom. The van der Waals surface area contributed by atoms with Crippen LogP contribution in [-0.2, 0) is 9.59 Å². The molecule has 0 aromatic heterocycles. The van der Waals surface area contributed by atoms with E-state index in [-0.39, 0.29) is 12.3 Å². The van der Waals surface area contributed by atoms with Crippen molar-refractivity contribution < 1.29 is 9.59 Å². The van der Waals surface area contributed by atoms with Gasteiger partial charge in [-0.3, -0.25) is 9.59 Å². The number of hydrogen-bond donors (Lipinski definition) is 3. The maximum Gasteiger partial charge on any atom is 0.242 e. The first-order valence-corrected chi connectivity index (χ1v) is 6.26. The first kappa shape index (κ1) is 14.7. The highest BCUT2D eigenvalue weighted by molar-refractivity contribution is 9.10. The van der Waals surface area contributed by atoms with Crippen molar-refractivity contribution in [1.29, 1.82) is 0 Å². The Kier molecular flexibility index (Phi) is 5.30. The molecule has 0 saturated carbocycles. The number of halogens is 1. The summed E-state index contributed by atoms with van der Waals surface area (Å²) in [5, 5.41) is 5.49. The van der Waals surface area contributed by atoms with Crippen molar-refractivity contribution in [3.63, 3.8) is 0 Å². The van der Waals surface area contributed by atoms with E-state index in [9.17, 15) is 9.59 Å². The zero-order chi connectivity index (χ0) is 13.7. The molecule has 0 heterocycles. The number of likely N-dealkylation sites (N-methyl/N-ethyl adjacent to an activating group) is 1. The molecule has 0 radical (unpaired) electrons. The summed E-state index contributed by atoms with van der Waals surface area (Å²) in [5.41, 5.74) is 6.78. The van der Waals surface area contributed by atoms with E-state index in [2.05, 4.69) is 26.6 Å². The number of benzene rings is 1. The van der Waals surface area contributed by atoms with Crippen LogP contribution < -0.4 is 16.4 Å². The van der Waals surface area contributed by atoms with Crippen molar-refractivity contribution in [3.05, 3.63) is 28.2 Å². The molecule has 1 aromatic carbocycles. The number of primary amides is 1. The van der Waals surface area contributed by atoms with Crippen LogP contribution in [0.3, 0.4) is 0 Å². The molecule has 0 aliphatic rings. The van der Waals surface area contributed by atoms with Crippen LogP contribution in [0, 0.1) is 6.92 Å². The topological polar surface area (TPSA) is 84.2 Å². The average Bonchev–Trinajstić information content (AvgIpc) is 2.30. The Labute approximate surface area is 114 Å². The van der Waals surface area contributed by atoms with E-state index in [4.69, 9.17) is 5.73 Å². The molecule has 6 heteroatoms. The lowest BCUT2D eigenvalue weighted by Crippen LogP contribution is -2.41. The van der Waals surface area contributed by atoms with E-state index in [1.165, 1.54) is 0 Å². The second kappa shape index (κ2) is 6.51. The molecule has 1 atom stereocenters. The summed E-state index contributed by atoms with van der Waals surface area (Å²) in [6, 6.07) is 4.87. The summed E-state index contributed by atoms with van der Waals surface area (Å²) < 4.78 is 0.975. The van der Waals surface area contributed by atoms with Crippen LogP contribution in [0.5, 0.6) is 0 Å². The van der Waals surface area contributed by atoms with Crippen LogP contribution in [0.15, 0.2) is 22.7 Å². The van der Waals surface area contributed by atoms with E-state index in [1.54, 1.807) is 13.1 Å². The Morgan fingerprint density at radius 3 is 2.61 bits per heavy atom. The first-order valence-electron chi connectivity index (χ1n) is 5.46. The molecular formula is C12H16BrN3O2. The van der Waals surface area contributed by atoms with Gasteiger partial charge in [0, 0.05) is 10.2 Å². The van der Waals surface area contributed by atoms with E-state index in [0.717, 1.165) is 10.0 Å². The zero-order valence-corrected chi connectivity index (χ0v) is 11.9. The average molecular weight is 314 g/mol. The highest BCUT2D eigenvalue weighted by atomic mass is 79.9. The fraction of sp³-hybridized carbons (Fsp3) is 0.333. The number of carbonyl (C=O) groups is 2. The van der Waals surface area contributed by atoms with Gasteiger partial charge in [-0.25, -0.2) is 0 Å². The Balaban J connectivity index is 2.73. The molecular weight excluding hydrogens is 298 g/mol. The van der Waals surface area contributed by atoms with Crippen LogP contribution >= 0.6 is 15.9 Å². The third-order valence-electron chi connectivity index (χ3n) is 2.50. The summed E-state index contributed by atoms with van der Waals surface area (Å²) >= 11 is 3.38. The van der Waals surface area contributed by atoms with Crippen LogP contribution in [0.4, 0.5) is 5.69 Å². The lowest BCUT2D eigenvalue weighted by Gasteiger charge is -2.14. The third-order valence-corrected chi connectivity index (χ3v) is 3.39. The molecule has 1 aromatic rings. The predicted molar refractivity (Wildman–Crippen MR) is 74.2 cm³/mol. The summed E-state index contributed by atoms with van der Waals surface area (Å²) in [5.74, 6) is -0.797. The predicted octanol–water partition coefficient (Wildman–Crippen LogP) is 1.16. The van der Waals surface area contributed by atoms with E-state index < -0.39 is 11.9 Å². The highest BCUT2D eigenvalue weighted by Crippen LogP contribution is 2.20. The monoisotopic (exact) mass is 313 g/mol. The maximum atomic E-state index is 11.9. The fourth-order valence-electron chi connectivity index (χ4n) is 1.48. The number of nitrogens with one attached hydrogen (secondary N) is 2. The second-order valence-electron chi connectivity index (χ2n) is 3.96. The number of nitrogens with two attached hydrogens (primary N) is 1. The molecule has 0 bridgehead atoms. The molecule has 0 aliphatic heterocycles. The number of hydrogen-bond acceptors (Lipinski definition) is 3. The first-order chi connectivity index (χ1) is 8.43. The molecule has 5 nitrogen and oxygen atoms in total. The molecule has 18 heavy (non-hydrogen) atoms. The van der Waals surface area contributed by atoms with E-state index in [0.29, 0.717) is 5.69 Å². The minimum atomic E-state index is -0.619. The molecule has 1 rings (SSSR count). The number of anilines is 1. The lowest BCUT2D eigenvalue weighted by molar-refractivity contribution is -0.123. The number of aryl methyl sites for hydroxylation is 1. The van der Waals surface area contributed by atoms with Gasteiger partial charge in [0.2, 0.25) is 11.8 Å². The molecule has 98 valence electrons. The van der Waals surface area contributed by atoms with Crippen LogP contribution in [0.25, 0.3) is 0 Å². The SMILES string of the molecule is CN[C@@H](CC(N)=O)C(=O)Nc1ccc(Br)c(C)c1. The summed E-state index contributed by atoms with van der Waals surface area (Å²) in [7, 11) is 1.61. The summed E-state index contributed by atoms with van der Waals surface area (Å²) in [4.78, 5) is 22.7. The molecule has 0 aliphatic carbocycles. The molecule has 0 saturated heterocycles. The molecule has 2 amide bonds. The van der Waals surface area contributed by atoms with Crippen LogP contribution in [-0.4, -0.2) is 24.9 Å². The van der Waals surface area contributed by atoms with Gasteiger partial charge in [0.25, 0.3) is 0 Å². The van der Waals surface area contributed by atoms with Gasteiger partial charge in [0.15, 0.2) is 0 Å². The number of amides is 2. The Morgan fingerprint density at radius 2 is 2.11 bits per heavy atom. The molecule has 4 N–H and O–H groups in total. The van der Waals surface area contributed by atoms with Gasteiger partial charge >= 0.3 is 0 Å². The minimum Gasteiger partial charge on any atom is -0.370 e. The van der Waals surface area contributed by atoms with Crippen molar-refractivity contribution in [2.24, 2.45) is 5.73 Å². The molecule has 0 unspecified atom stereocenters. The van der Waals surface area contributed by atoms with Crippen molar-refractivity contribution in [2.75, 3.05) is 12.4 Å². The minimum absolute atomic E-state index is 0.0299. The zero-order valence-electron chi connectivity index (χ0n) is 10.3. The van der Waals surface area contributed by atoms with Gasteiger partial charge in [0.05, 0.1) is 12.5 Å². The number of rotatable bonds is 5. The quantitative estimate of drug-likeness (QED) is 0.762. The highest BCUT2D eigenvalue weighted by Gasteiger charge is 2.18. The smallest absolute Gasteiger partial charge is 0.242 e.